The molecule has 0 aliphatic rings. The first-order valence-corrected chi connectivity index (χ1v) is 14.9. The van der Waals surface area contributed by atoms with Crippen LogP contribution < -0.4 is 4.52 Å². The van der Waals surface area contributed by atoms with Gasteiger partial charge in [-0.25, -0.2) is 13.0 Å². The predicted molar refractivity (Wildman–Crippen MR) is 141 cm³/mol. The summed E-state index contributed by atoms with van der Waals surface area (Å²) < 4.78 is 52.4. The van der Waals surface area contributed by atoms with Crippen molar-refractivity contribution in [2.75, 3.05) is 6.26 Å². The molecule has 36 heavy (non-hydrogen) atoms. The number of carboxylic acids is 1. The highest BCUT2D eigenvalue weighted by Crippen LogP contribution is 2.55. The van der Waals surface area contributed by atoms with Gasteiger partial charge in [0.1, 0.15) is 5.75 Å². The van der Waals surface area contributed by atoms with E-state index < -0.39 is 39.6 Å². The van der Waals surface area contributed by atoms with E-state index in [9.17, 15) is 22.9 Å². The normalized spacial score (nSPS) is 14.8. The summed E-state index contributed by atoms with van der Waals surface area (Å²) in [5, 5.41) is 9.42. The van der Waals surface area contributed by atoms with Crippen molar-refractivity contribution in [2.24, 2.45) is 0 Å². The van der Waals surface area contributed by atoms with Gasteiger partial charge in [0, 0.05) is 6.26 Å². The molecule has 0 radical (unpaired) electrons. The van der Waals surface area contributed by atoms with Crippen molar-refractivity contribution >= 4 is 23.6 Å². The second-order valence-electron chi connectivity index (χ2n) is 11.0. The van der Waals surface area contributed by atoms with E-state index in [1.54, 1.807) is 53.7 Å². The second-order valence-corrected chi connectivity index (χ2v) is 14.9. The van der Waals surface area contributed by atoms with Gasteiger partial charge in [0.05, 0.1) is 11.2 Å². The largest absolute Gasteiger partial charge is 0.531 e. The van der Waals surface area contributed by atoms with Crippen molar-refractivity contribution in [2.45, 2.75) is 77.3 Å². The third kappa shape index (κ3) is 8.44. The van der Waals surface area contributed by atoms with E-state index in [0.717, 1.165) is 22.9 Å². The summed E-state index contributed by atoms with van der Waals surface area (Å²) in [4.78, 5) is 11.6. The molecule has 200 valence electrons. The maximum atomic E-state index is 13.3. The summed E-state index contributed by atoms with van der Waals surface area (Å²) in [5.41, 5.74) is 1.12. The zero-order valence-corrected chi connectivity index (χ0v) is 23.9. The highest BCUT2D eigenvalue weighted by atomic mass is 32.2. The standard InChI is InChI=1S/C26H37O8PS/c1-24(2,3)33-35(29,34-25(4,5)6)32-22-15-13-21(14-16-22)20-11-9-19(10-12-20)17-18-26(7,23(27)28)36(8,30)31/h9-16H,17-18H2,1-8H3,(H,27,28)/t26-/m1/s1. The van der Waals surface area contributed by atoms with Crippen molar-refractivity contribution < 1.29 is 36.5 Å². The molecule has 2 aromatic carbocycles. The van der Waals surface area contributed by atoms with E-state index in [4.69, 9.17) is 13.6 Å². The summed E-state index contributed by atoms with van der Waals surface area (Å²) in [6.45, 7) is 11.9. The molecule has 0 fully saturated rings. The van der Waals surface area contributed by atoms with Crippen LogP contribution in [0.25, 0.3) is 11.1 Å². The first-order valence-electron chi connectivity index (χ1n) is 11.6. The van der Waals surface area contributed by atoms with Crippen LogP contribution in [0.15, 0.2) is 48.5 Å². The summed E-state index contributed by atoms with van der Waals surface area (Å²) in [5.74, 6) is -1.02. The molecule has 0 amide bonds. The quantitative estimate of drug-likeness (QED) is 0.350. The van der Waals surface area contributed by atoms with Crippen LogP contribution >= 0.6 is 7.82 Å². The van der Waals surface area contributed by atoms with Crippen molar-refractivity contribution in [1.82, 2.24) is 0 Å². The van der Waals surface area contributed by atoms with Crippen LogP contribution in [0.3, 0.4) is 0 Å². The van der Waals surface area contributed by atoms with Crippen molar-refractivity contribution in [3.8, 4) is 16.9 Å². The minimum absolute atomic E-state index is 0.0279. The fraction of sp³-hybridized carbons (Fsp3) is 0.500. The molecule has 8 nitrogen and oxygen atoms in total. The average molecular weight is 541 g/mol. The lowest BCUT2D eigenvalue weighted by molar-refractivity contribution is -0.139. The zero-order valence-electron chi connectivity index (χ0n) is 22.2. The Labute approximate surface area is 214 Å². The van der Waals surface area contributed by atoms with E-state index in [2.05, 4.69) is 0 Å². The Balaban J connectivity index is 2.16. The van der Waals surface area contributed by atoms with Crippen LogP contribution in [0.1, 0.15) is 60.5 Å². The number of phosphoric acid groups is 1. The van der Waals surface area contributed by atoms with E-state index in [1.807, 2.05) is 36.4 Å². The van der Waals surface area contributed by atoms with Gasteiger partial charge in [-0.3, -0.25) is 13.8 Å². The van der Waals surface area contributed by atoms with Gasteiger partial charge in [-0.05, 0) is 90.1 Å². The molecular weight excluding hydrogens is 503 g/mol. The number of aryl methyl sites for hydroxylation is 1. The second kappa shape index (κ2) is 10.7. The van der Waals surface area contributed by atoms with Crippen molar-refractivity contribution in [1.29, 1.82) is 0 Å². The predicted octanol–water partition coefficient (Wildman–Crippen LogP) is 6.29. The van der Waals surface area contributed by atoms with Gasteiger partial charge in [0.2, 0.25) is 0 Å². The molecule has 0 spiro atoms. The Morgan fingerprint density at radius 3 is 1.61 bits per heavy atom. The van der Waals surface area contributed by atoms with Crippen LogP contribution in [0, 0.1) is 0 Å². The third-order valence-corrected chi connectivity index (χ3v) is 9.28. The van der Waals surface area contributed by atoms with Gasteiger partial charge in [-0.2, -0.15) is 0 Å². The molecule has 10 heteroatoms. The van der Waals surface area contributed by atoms with Crippen molar-refractivity contribution in [3.63, 3.8) is 0 Å². The monoisotopic (exact) mass is 540 g/mol. The van der Waals surface area contributed by atoms with E-state index in [1.165, 1.54) is 6.92 Å². The van der Waals surface area contributed by atoms with Crippen LogP contribution in [-0.2, 0) is 34.7 Å². The Bertz CT molecular complexity index is 1190. The minimum Gasteiger partial charge on any atom is -0.480 e. The van der Waals surface area contributed by atoms with Gasteiger partial charge in [0.15, 0.2) is 14.6 Å². The van der Waals surface area contributed by atoms with Gasteiger partial charge >= 0.3 is 13.8 Å². The van der Waals surface area contributed by atoms with Crippen molar-refractivity contribution in [3.05, 3.63) is 54.1 Å². The summed E-state index contributed by atoms with van der Waals surface area (Å²) in [7, 11) is -7.68. The lowest BCUT2D eigenvalue weighted by Gasteiger charge is -2.30. The fourth-order valence-electron chi connectivity index (χ4n) is 3.26. The summed E-state index contributed by atoms with van der Waals surface area (Å²) in [6.07, 6.45) is 1.22. The van der Waals surface area contributed by atoms with Crippen LogP contribution in [0.5, 0.6) is 5.75 Å². The Morgan fingerprint density at radius 1 is 0.833 bits per heavy atom. The van der Waals surface area contributed by atoms with E-state index in [-0.39, 0.29) is 6.42 Å². The number of carbonyl (C=O) groups is 1. The molecule has 2 aromatic rings. The number of aliphatic carboxylic acids is 1. The Hall–Kier alpha value is -2.19. The van der Waals surface area contributed by atoms with Crippen LogP contribution in [0.2, 0.25) is 0 Å². The van der Waals surface area contributed by atoms with Gasteiger partial charge in [0.25, 0.3) is 0 Å². The Kier molecular flexibility index (Phi) is 8.89. The maximum Gasteiger partial charge on any atom is 0.531 e. The molecule has 0 heterocycles. The topological polar surface area (TPSA) is 116 Å². The van der Waals surface area contributed by atoms with Crippen LogP contribution in [-0.4, -0.2) is 41.7 Å². The van der Waals surface area contributed by atoms with E-state index in [0.29, 0.717) is 12.2 Å². The summed E-state index contributed by atoms with van der Waals surface area (Å²) >= 11 is 0. The molecule has 0 bridgehead atoms. The fourth-order valence-corrected chi connectivity index (χ4v) is 5.89. The molecule has 1 atom stereocenters. The molecule has 2 rings (SSSR count). The van der Waals surface area contributed by atoms with Gasteiger partial charge < -0.3 is 9.63 Å². The lowest BCUT2D eigenvalue weighted by Crippen LogP contribution is -2.43. The highest BCUT2D eigenvalue weighted by Gasteiger charge is 2.43. The maximum absolute atomic E-state index is 13.3. The number of rotatable bonds is 10. The molecule has 0 aliphatic carbocycles. The SMILES string of the molecule is CC(C)(C)OP(=O)(Oc1ccc(-c2ccc(CC[C@](C)(C(=O)O)S(C)(=O)=O)cc2)cc1)OC(C)(C)C. The molecular formula is C26H37O8PS. The molecule has 1 N–H and O–H groups in total. The number of benzene rings is 2. The number of carboxylic acid groups (broad SMARTS) is 1. The molecule has 0 saturated carbocycles. The van der Waals surface area contributed by atoms with E-state index >= 15 is 0 Å². The Morgan fingerprint density at radius 2 is 1.25 bits per heavy atom. The molecule has 0 aromatic heterocycles. The van der Waals surface area contributed by atoms with Gasteiger partial charge in [-0.1, -0.05) is 36.4 Å². The number of sulfone groups is 1. The first-order chi connectivity index (χ1) is 16.2. The molecule has 0 aliphatic heterocycles. The number of phosphoric ester groups is 1. The molecule has 0 saturated heterocycles. The smallest absolute Gasteiger partial charge is 0.480 e. The van der Waals surface area contributed by atoms with Crippen LogP contribution in [0.4, 0.5) is 0 Å². The first kappa shape index (κ1) is 30.0. The average Bonchev–Trinajstić information content (AvgIpc) is 2.69. The van der Waals surface area contributed by atoms with Gasteiger partial charge in [-0.15, -0.1) is 0 Å². The lowest BCUT2D eigenvalue weighted by atomic mass is 9.98. The minimum atomic E-state index is -3.90. The highest BCUT2D eigenvalue weighted by molar-refractivity contribution is 7.92. The molecule has 0 unspecified atom stereocenters. The zero-order chi connectivity index (χ0) is 27.6. The third-order valence-electron chi connectivity index (χ3n) is 5.29. The summed E-state index contributed by atoms with van der Waals surface area (Å²) in [6, 6.07) is 14.4. The number of hydrogen-bond donors (Lipinski definition) is 1. The number of hydrogen-bond acceptors (Lipinski definition) is 7.